The highest BCUT2D eigenvalue weighted by Gasteiger charge is 2.33. The lowest BCUT2D eigenvalue weighted by molar-refractivity contribution is 0.0264. The molecule has 0 radical (unpaired) electrons. The normalized spacial score (nSPS) is 15.6. The third-order valence-corrected chi connectivity index (χ3v) is 3.62. The summed E-state index contributed by atoms with van der Waals surface area (Å²) in [4.78, 5) is 0. The Kier molecular flexibility index (Phi) is 4.66. The topological polar surface area (TPSA) is 46.2 Å². The molecule has 2 nitrogen and oxygen atoms in total. The Morgan fingerprint density at radius 1 is 1.41 bits per heavy atom. The van der Waals surface area contributed by atoms with Crippen molar-refractivity contribution in [1.29, 1.82) is 0 Å². The quantitative estimate of drug-likeness (QED) is 0.829. The first-order valence-corrected chi connectivity index (χ1v) is 6.06. The average Bonchev–Trinajstić information content (AvgIpc) is 2.30. The van der Waals surface area contributed by atoms with E-state index in [1.165, 1.54) is 12.1 Å². The molecule has 2 unspecified atom stereocenters. The lowest BCUT2D eigenvalue weighted by Crippen LogP contribution is -2.37. The van der Waals surface area contributed by atoms with Crippen LogP contribution in [0.2, 0.25) is 0 Å². The number of hydrogen-bond donors (Lipinski definition) is 2. The SMILES string of the molecule is CCC(C)(C)C(O)C(CN)c1cccc(F)c1. The van der Waals surface area contributed by atoms with Gasteiger partial charge in [0.15, 0.2) is 0 Å². The number of aliphatic hydroxyl groups is 1. The predicted molar refractivity (Wildman–Crippen MR) is 68.3 cm³/mol. The molecule has 0 aliphatic heterocycles. The van der Waals surface area contributed by atoms with Gasteiger partial charge in [-0.1, -0.05) is 32.9 Å². The Bertz CT molecular complexity index is 365. The first-order valence-electron chi connectivity index (χ1n) is 6.06. The minimum atomic E-state index is -0.570. The number of nitrogens with two attached hydrogens (primary N) is 1. The van der Waals surface area contributed by atoms with Crippen LogP contribution < -0.4 is 5.73 Å². The summed E-state index contributed by atoms with van der Waals surface area (Å²) in [5, 5.41) is 10.4. The third-order valence-electron chi connectivity index (χ3n) is 3.62. The molecule has 3 heteroatoms. The van der Waals surface area contributed by atoms with E-state index in [0.29, 0.717) is 6.54 Å². The van der Waals surface area contributed by atoms with E-state index in [1.807, 2.05) is 26.8 Å². The van der Waals surface area contributed by atoms with E-state index < -0.39 is 6.10 Å². The van der Waals surface area contributed by atoms with Crippen LogP contribution in [0.15, 0.2) is 24.3 Å². The fraction of sp³-hybridized carbons (Fsp3) is 0.571. The van der Waals surface area contributed by atoms with Crippen molar-refractivity contribution in [2.45, 2.75) is 39.2 Å². The number of aliphatic hydroxyl groups excluding tert-OH is 1. The largest absolute Gasteiger partial charge is 0.392 e. The van der Waals surface area contributed by atoms with E-state index in [9.17, 15) is 9.50 Å². The lowest BCUT2D eigenvalue weighted by Gasteiger charge is -2.35. The summed E-state index contributed by atoms with van der Waals surface area (Å²) in [5.41, 5.74) is 6.26. The molecule has 0 aliphatic rings. The van der Waals surface area contributed by atoms with Crippen molar-refractivity contribution < 1.29 is 9.50 Å². The van der Waals surface area contributed by atoms with Gasteiger partial charge in [0.25, 0.3) is 0 Å². The van der Waals surface area contributed by atoms with E-state index in [2.05, 4.69) is 0 Å². The summed E-state index contributed by atoms with van der Waals surface area (Å²) < 4.78 is 13.2. The van der Waals surface area contributed by atoms with Gasteiger partial charge >= 0.3 is 0 Å². The van der Waals surface area contributed by atoms with Gasteiger partial charge in [-0.25, -0.2) is 4.39 Å². The first kappa shape index (κ1) is 14.1. The molecule has 96 valence electrons. The van der Waals surface area contributed by atoms with Crippen LogP contribution in [0, 0.1) is 11.2 Å². The zero-order valence-corrected chi connectivity index (χ0v) is 10.8. The molecule has 0 saturated heterocycles. The maximum Gasteiger partial charge on any atom is 0.123 e. The van der Waals surface area contributed by atoms with Crippen molar-refractivity contribution in [3.8, 4) is 0 Å². The van der Waals surface area contributed by atoms with Crippen molar-refractivity contribution in [3.05, 3.63) is 35.6 Å². The second-order valence-electron chi connectivity index (χ2n) is 5.18. The Hall–Kier alpha value is -0.930. The number of hydrogen-bond acceptors (Lipinski definition) is 2. The van der Waals surface area contributed by atoms with Crippen molar-refractivity contribution >= 4 is 0 Å². The zero-order valence-electron chi connectivity index (χ0n) is 10.8. The van der Waals surface area contributed by atoms with E-state index in [0.717, 1.165) is 12.0 Å². The summed E-state index contributed by atoms with van der Waals surface area (Å²) >= 11 is 0. The minimum absolute atomic E-state index is 0.222. The van der Waals surface area contributed by atoms with Gasteiger partial charge < -0.3 is 10.8 Å². The van der Waals surface area contributed by atoms with E-state index in [1.54, 1.807) is 6.07 Å². The molecule has 1 aromatic carbocycles. The highest BCUT2D eigenvalue weighted by atomic mass is 19.1. The van der Waals surface area contributed by atoms with Gasteiger partial charge in [-0.3, -0.25) is 0 Å². The second kappa shape index (κ2) is 5.61. The minimum Gasteiger partial charge on any atom is -0.392 e. The molecule has 17 heavy (non-hydrogen) atoms. The van der Waals surface area contributed by atoms with Crippen LogP contribution in [0.4, 0.5) is 4.39 Å². The Morgan fingerprint density at radius 2 is 2.06 bits per heavy atom. The van der Waals surface area contributed by atoms with Gasteiger partial charge in [0, 0.05) is 12.5 Å². The fourth-order valence-corrected chi connectivity index (χ4v) is 1.94. The molecule has 0 amide bonds. The van der Waals surface area contributed by atoms with Crippen molar-refractivity contribution in [2.75, 3.05) is 6.54 Å². The molecule has 0 fully saturated rings. The molecule has 0 heterocycles. The Labute approximate surface area is 103 Å². The standard InChI is InChI=1S/C14H22FNO/c1-4-14(2,3)13(17)12(9-16)10-6-5-7-11(15)8-10/h5-8,12-13,17H,4,9,16H2,1-3H3. The molecule has 0 spiro atoms. The van der Waals surface area contributed by atoms with Gasteiger partial charge in [0.1, 0.15) is 5.82 Å². The van der Waals surface area contributed by atoms with Gasteiger partial charge in [-0.05, 0) is 29.5 Å². The van der Waals surface area contributed by atoms with Crippen LogP contribution >= 0.6 is 0 Å². The third kappa shape index (κ3) is 3.27. The van der Waals surface area contributed by atoms with E-state index in [-0.39, 0.29) is 17.2 Å². The molecule has 1 aromatic rings. The molecule has 2 atom stereocenters. The van der Waals surface area contributed by atoms with Gasteiger partial charge in [0.05, 0.1) is 6.10 Å². The molecule has 0 aromatic heterocycles. The van der Waals surface area contributed by atoms with Crippen LogP contribution in [-0.2, 0) is 0 Å². The van der Waals surface area contributed by atoms with Crippen LogP contribution in [0.25, 0.3) is 0 Å². The summed E-state index contributed by atoms with van der Waals surface area (Å²) in [6, 6.07) is 6.31. The number of rotatable bonds is 5. The number of benzene rings is 1. The van der Waals surface area contributed by atoms with Gasteiger partial charge in [0.2, 0.25) is 0 Å². The monoisotopic (exact) mass is 239 g/mol. The summed E-state index contributed by atoms with van der Waals surface area (Å²) in [5.74, 6) is -0.511. The molecule has 0 aliphatic carbocycles. The average molecular weight is 239 g/mol. The first-order chi connectivity index (χ1) is 7.92. The van der Waals surface area contributed by atoms with Gasteiger partial charge in [-0.2, -0.15) is 0 Å². The Balaban J connectivity index is 2.99. The maximum absolute atomic E-state index is 13.2. The van der Waals surface area contributed by atoms with Crippen molar-refractivity contribution in [3.63, 3.8) is 0 Å². The summed E-state index contributed by atoms with van der Waals surface area (Å²) in [6.07, 6.45) is 0.277. The van der Waals surface area contributed by atoms with Gasteiger partial charge in [-0.15, -0.1) is 0 Å². The lowest BCUT2D eigenvalue weighted by atomic mass is 9.75. The van der Waals surface area contributed by atoms with E-state index in [4.69, 9.17) is 5.73 Å². The molecule has 0 saturated carbocycles. The van der Waals surface area contributed by atoms with Crippen LogP contribution in [0.3, 0.4) is 0 Å². The predicted octanol–water partition coefficient (Wildman–Crippen LogP) is 2.67. The Morgan fingerprint density at radius 3 is 2.53 bits per heavy atom. The second-order valence-corrected chi connectivity index (χ2v) is 5.18. The number of halogens is 1. The molecule has 3 N–H and O–H groups in total. The molecular formula is C14H22FNO. The summed E-state index contributed by atoms with van der Waals surface area (Å²) in [7, 11) is 0. The van der Waals surface area contributed by atoms with E-state index >= 15 is 0 Å². The fourth-order valence-electron chi connectivity index (χ4n) is 1.94. The zero-order chi connectivity index (χ0) is 13.1. The van der Waals surface area contributed by atoms with Crippen molar-refractivity contribution in [1.82, 2.24) is 0 Å². The van der Waals surface area contributed by atoms with Crippen LogP contribution in [0.5, 0.6) is 0 Å². The highest BCUT2D eigenvalue weighted by Crippen LogP contribution is 2.34. The highest BCUT2D eigenvalue weighted by molar-refractivity contribution is 5.23. The van der Waals surface area contributed by atoms with Crippen molar-refractivity contribution in [2.24, 2.45) is 11.1 Å². The summed E-state index contributed by atoms with van der Waals surface area (Å²) in [6.45, 7) is 6.34. The maximum atomic E-state index is 13.2. The molecule has 1 rings (SSSR count). The molecular weight excluding hydrogens is 217 g/mol. The van der Waals surface area contributed by atoms with Crippen LogP contribution in [0.1, 0.15) is 38.7 Å². The van der Waals surface area contributed by atoms with Crippen LogP contribution in [-0.4, -0.2) is 17.8 Å². The smallest absolute Gasteiger partial charge is 0.123 e. The molecule has 0 bridgehead atoms.